The van der Waals surface area contributed by atoms with Crippen LogP contribution in [-0.4, -0.2) is 30.0 Å². The molecule has 1 atom stereocenters. The topological polar surface area (TPSA) is 58.9 Å². The average Bonchev–Trinajstić information content (AvgIpc) is 2.30. The minimum Gasteiger partial charge on any atom is -0.493 e. The number of halogens is 1. The standard InChI is InChI=1S/C12H17ClO4/c1-8(15)3-4-17-12-10(13)5-9(7-14)6-11(12)16-2/h5-6,8,14-15H,3-4,7H2,1-2H3. The highest BCUT2D eigenvalue weighted by Gasteiger charge is 2.12. The molecule has 2 N–H and O–H groups in total. The summed E-state index contributed by atoms with van der Waals surface area (Å²) in [5.41, 5.74) is 0.662. The van der Waals surface area contributed by atoms with E-state index in [4.69, 9.17) is 31.3 Å². The van der Waals surface area contributed by atoms with Gasteiger partial charge in [0.15, 0.2) is 11.5 Å². The van der Waals surface area contributed by atoms with E-state index >= 15 is 0 Å². The zero-order chi connectivity index (χ0) is 12.8. The summed E-state index contributed by atoms with van der Waals surface area (Å²) in [6.45, 7) is 1.94. The Hall–Kier alpha value is -0.970. The van der Waals surface area contributed by atoms with Crippen molar-refractivity contribution in [1.82, 2.24) is 0 Å². The number of ether oxygens (including phenoxy) is 2. The molecule has 1 unspecified atom stereocenters. The molecule has 5 heteroatoms. The maximum atomic E-state index is 9.13. The lowest BCUT2D eigenvalue weighted by Crippen LogP contribution is -2.08. The van der Waals surface area contributed by atoms with Crippen molar-refractivity contribution in [1.29, 1.82) is 0 Å². The zero-order valence-electron chi connectivity index (χ0n) is 9.94. The van der Waals surface area contributed by atoms with E-state index in [-0.39, 0.29) is 6.61 Å². The Morgan fingerprint density at radius 2 is 2.12 bits per heavy atom. The maximum Gasteiger partial charge on any atom is 0.179 e. The lowest BCUT2D eigenvalue weighted by molar-refractivity contribution is 0.154. The van der Waals surface area contributed by atoms with E-state index in [2.05, 4.69) is 0 Å². The molecule has 0 aliphatic rings. The summed E-state index contributed by atoms with van der Waals surface area (Å²) in [5.74, 6) is 0.916. The van der Waals surface area contributed by atoms with Gasteiger partial charge in [-0.25, -0.2) is 0 Å². The van der Waals surface area contributed by atoms with Crippen LogP contribution in [0.1, 0.15) is 18.9 Å². The van der Waals surface area contributed by atoms with E-state index in [1.54, 1.807) is 19.1 Å². The van der Waals surface area contributed by atoms with Crippen molar-refractivity contribution >= 4 is 11.6 Å². The summed E-state index contributed by atoms with van der Waals surface area (Å²) in [4.78, 5) is 0. The van der Waals surface area contributed by atoms with Crippen LogP contribution < -0.4 is 9.47 Å². The first kappa shape index (κ1) is 14.1. The Bertz CT molecular complexity index is 366. The third kappa shape index (κ3) is 4.07. The number of hydrogen-bond acceptors (Lipinski definition) is 4. The summed E-state index contributed by atoms with van der Waals surface area (Å²) >= 11 is 6.03. The van der Waals surface area contributed by atoms with Gasteiger partial charge in [0.05, 0.1) is 31.5 Å². The first-order valence-corrected chi connectivity index (χ1v) is 5.74. The Morgan fingerprint density at radius 1 is 1.41 bits per heavy atom. The summed E-state index contributed by atoms with van der Waals surface area (Å²) in [6, 6.07) is 3.30. The second kappa shape index (κ2) is 6.69. The highest BCUT2D eigenvalue weighted by atomic mass is 35.5. The Labute approximate surface area is 106 Å². The molecule has 0 aliphatic heterocycles. The van der Waals surface area contributed by atoms with Crippen LogP contribution >= 0.6 is 11.6 Å². The lowest BCUT2D eigenvalue weighted by Gasteiger charge is -2.14. The van der Waals surface area contributed by atoms with Crippen molar-refractivity contribution in [3.63, 3.8) is 0 Å². The van der Waals surface area contributed by atoms with Crippen molar-refractivity contribution in [2.45, 2.75) is 26.1 Å². The molecule has 96 valence electrons. The molecule has 0 spiro atoms. The van der Waals surface area contributed by atoms with Crippen LogP contribution in [0.15, 0.2) is 12.1 Å². The number of aliphatic hydroxyl groups excluding tert-OH is 2. The van der Waals surface area contributed by atoms with E-state index in [0.717, 1.165) is 0 Å². The van der Waals surface area contributed by atoms with Gasteiger partial charge >= 0.3 is 0 Å². The molecule has 0 saturated carbocycles. The summed E-state index contributed by atoms with van der Waals surface area (Å²) in [5, 5.41) is 18.6. The summed E-state index contributed by atoms with van der Waals surface area (Å²) in [7, 11) is 1.51. The number of methoxy groups -OCH3 is 1. The fraction of sp³-hybridized carbons (Fsp3) is 0.500. The number of rotatable bonds is 6. The molecule has 0 heterocycles. The van der Waals surface area contributed by atoms with Gasteiger partial charge in [-0.2, -0.15) is 0 Å². The van der Waals surface area contributed by atoms with Gasteiger partial charge in [-0.3, -0.25) is 0 Å². The van der Waals surface area contributed by atoms with E-state index < -0.39 is 6.10 Å². The van der Waals surface area contributed by atoms with Crippen LogP contribution in [0.5, 0.6) is 11.5 Å². The average molecular weight is 261 g/mol. The van der Waals surface area contributed by atoms with E-state index in [1.165, 1.54) is 7.11 Å². The third-order valence-electron chi connectivity index (χ3n) is 2.25. The monoisotopic (exact) mass is 260 g/mol. The molecule has 0 saturated heterocycles. The highest BCUT2D eigenvalue weighted by molar-refractivity contribution is 6.32. The van der Waals surface area contributed by atoms with Gasteiger partial charge in [-0.1, -0.05) is 11.6 Å². The highest BCUT2D eigenvalue weighted by Crippen LogP contribution is 2.36. The van der Waals surface area contributed by atoms with Gasteiger partial charge in [-0.15, -0.1) is 0 Å². The van der Waals surface area contributed by atoms with Gasteiger partial charge < -0.3 is 19.7 Å². The third-order valence-corrected chi connectivity index (χ3v) is 2.53. The minimum atomic E-state index is -0.420. The van der Waals surface area contributed by atoms with Crippen molar-refractivity contribution in [3.05, 3.63) is 22.7 Å². The molecule has 1 aromatic rings. The lowest BCUT2D eigenvalue weighted by atomic mass is 10.2. The maximum absolute atomic E-state index is 9.13. The fourth-order valence-electron chi connectivity index (χ4n) is 1.34. The van der Waals surface area contributed by atoms with Crippen LogP contribution in [-0.2, 0) is 6.61 Å². The van der Waals surface area contributed by atoms with Crippen LogP contribution in [0.3, 0.4) is 0 Å². The van der Waals surface area contributed by atoms with Crippen LogP contribution in [0.25, 0.3) is 0 Å². The SMILES string of the molecule is COc1cc(CO)cc(Cl)c1OCCC(C)O. The summed E-state index contributed by atoms with van der Waals surface area (Å²) < 4.78 is 10.6. The quantitative estimate of drug-likeness (QED) is 0.821. The number of hydrogen-bond donors (Lipinski definition) is 2. The Balaban J connectivity index is 2.82. The normalized spacial score (nSPS) is 12.3. The first-order valence-electron chi connectivity index (χ1n) is 5.36. The second-order valence-electron chi connectivity index (χ2n) is 3.75. The molecular weight excluding hydrogens is 244 g/mol. The molecule has 0 fully saturated rings. The van der Waals surface area contributed by atoms with Crippen molar-refractivity contribution in [3.8, 4) is 11.5 Å². The van der Waals surface area contributed by atoms with Gasteiger partial charge in [0.25, 0.3) is 0 Å². The first-order chi connectivity index (χ1) is 8.08. The van der Waals surface area contributed by atoms with E-state index in [9.17, 15) is 0 Å². The predicted octanol–water partition coefficient (Wildman–Crippen LogP) is 1.99. The van der Waals surface area contributed by atoms with Crippen molar-refractivity contribution < 1.29 is 19.7 Å². The molecule has 0 amide bonds. The fourth-order valence-corrected chi connectivity index (χ4v) is 1.62. The molecule has 1 rings (SSSR count). The number of aliphatic hydroxyl groups is 2. The Kier molecular flexibility index (Phi) is 5.55. The molecular formula is C12H17ClO4. The zero-order valence-corrected chi connectivity index (χ0v) is 10.7. The predicted molar refractivity (Wildman–Crippen MR) is 65.7 cm³/mol. The minimum absolute atomic E-state index is 0.107. The Morgan fingerprint density at radius 3 is 2.65 bits per heavy atom. The van der Waals surface area contributed by atoms with Gasteiger partial charge in [0, 0.05) is 6.42 Å². The van der Waals surface area contributed by atoms with Crippen molar-refractivity contribution in [2.24, 2.45) is 0 Å². The molecule has 4 nitrogen and oxygen atoms in total. The van der Waals surface area contributed by atoms with Gasteiger partial charge in [0.1, 0.15) is 0 Å². The van der Waals surface area contributed by atoms with Crippen LogP contribution in [0, 0.1) is 0 Å². The molecule has 1 aromatic carbocycles. The van der Waals surface area contributed by atoms with E-state index in [1.807, 2.05) is 0 Å². The largest absolute Gasteiger partial charge is 0.493 e. The molecule has 0 aliphatic carbocycles. The second-order valence-corrected chi connectivity index (χ2v) is 4.16. The van der Waals surface area contributed by atoms with Crippen LogP contribution in [0.4, 0.5) is 0 Å². The smallest absolute Gasteiger partial charge is 0.179 e. The molecule has 0 aromatic heterocycles. The van der Waals surface area contributed by atoms with Gasteiger partial charge in [-0.05, 0) is 24.6 Å². The summed E-state index contributed by atoms with van der Waals surface area (Å²) in [6.07, 6.45) is 0.0952. The molecule has 0 bridgehead atoms. The van der Waals surface area contributed by atoms with E-state index in [0.29, 0.717) is 35.1 Å². The molecule has 0 radical (unpaired) electrons. The van der Waals surface area contributed by atoms with Crippen LogP contribution in [0.2, 0.25) is 5.02 Å². The number of benzene rings is 1. The van der Waals surface area contributed by atoms with Gasteiger partial charge in [0.2, 0.25) is 0 Å². The van der Waals surface area contributed by atoms with Crippen molar-refractivity contribution in [2.75, 3.05) is 13.7 Å². The molecule has 17 heavy (non-hydrogen) atoms.